The largest absolute Gasteiger partial charge is 0.452 e. The monoisotopic (exact) mass is 722 g/mol. The number of hydrogen-bond acceptors (Lipinski definition) is 3. The van der Waals surface area contributed by atoms with Crippen molar-refractivity contribution < 1.29 is 4.74 Å². The summed E-state index contributed by atoms with van der Waals surface area (Å²) in [5.41, 5.74) is 17.9. The SMILES string of the molecule is Cc1cccc2c1N1c3ccccc3C(C)(C)c3ccc(-c4ccc(N(c5ccc6c(c5)C(C)(C)c5ccccc5-6)c5cccc6ccccc56)cc4)c(c31)O2. The van der Waals surface area contributed by atoms with Crippen molar-refractivity contribution in [1.29, 1.82) is 0 Å². The van der Waals surface area contributed by atoms with Crippen molar-refractivity contribution in [3.8, 4) is 33.8 Å². The maximum absolute atomic E-state index is 7.00. The van der Waals surface area contributed by atoms with Gasteiger partial charge in [0.15, 0.2) is 11.5 Å². The van der Waals surface area contributed by atoms with Crippen molar-refractivity contribution in [1.82, 2.24) is 0 Å². The van der Waals surface area contributed by atoms with Gasteiger partial charge in [-0.05, 0) is 99.3 Å². The number of hydrogen-bond donors (Lipinski definition) is 0. The summed E-state index contributed by atoms with van der Waals surface area (Å²) in [4.78, 5) is 4.88. The molecule has 0 N–H and O–H groups in total. The molecule has 0 bridgehead atoms. The Morgan fingerprint density at radius 3 is 2.02 bits per heavy atom. The lowest BCUT2D eigenvalue weighted by Crippen LogP contribution is -2.32. The molecule has 270 valence electrons. The number of rotatable bonds is 4. The van der Waals surface area contributed by atoms with Gasteiger partial charge < -0.3 is 14.5 Å². The number of benzene rings is 8. The van der Waals surface area contributed by atoms with Crippen LogP contribution in [0.15, 0.2) is 164 Å². The Hall–Kier alpha value is -6.58. The molecule has 0 spiro atoms. The number of nitrogens with zero attached hydrogens (tertiary/aromatic N) is 2. The molecular weight excluding hydrogens is 681 g/mol. The van der Waals surface area contributed by atoms with Crippen molar-refractivity contribution >= 4 is 44.9 Å². The molecule has 1 aliphatic carbocycles. The van der Waals surface area contributed by atoms with Gasteiger partial charge in [-0.15, -0.1) is 0 Å². The van der Waals surface area contributed by atoms with Gasteiger partial charge in [0.1, 0.15) is 0 Å². The van der Waals surface area contributed by atoms with E-state index in [9.17, 15) is 0 Å². The second-order valence-corrected chi connectivity index (χ2v) is 16.6. The van der Waals surface area contributed by atoms with E-state index in [2.05, 4.69) is 208 Å². The number of aryl methyl sites for hydroxylation is 1. The van der Waals surface area contributed by atoms with Crippen LogP contribution >= 0.6 is 0 Å². The minimum absolute atomic E-state index is 0.107. The molecule has 0 atom stereocenters. The first-order valence-electron chi connectivity index (χ1n) is 19.7. The molecule has 0 saturated heterocycles. The smallest absolute Gasteiger partial charge is 0.159 e. The maximum Gasteiger partial charge on any atom is 0.159 e. The second kappa shape index (κ2) is 11.7. The second-order valence-electron chi connectivity index (χ2n) is 16.6. The Morgan fingerprint density at radius 2 is 1.16 bits per heavy atom. The molecule has 8 aromatic carbocycles. The molecular formula is C53H42N2O. The Bertz CT molecular complexity index is 2910. The summed E-state index contributed by atoms with van der Waals surface area (Å²) in [6.45, 7) is 11.6. The van der Waals surface area contributed by atoms with Crippen LogP contribution in [0.3, 0.4) is 0 Å². The molecule has 8 aromatic rings. The highest BCUT2D eigenvalue weighted by molar-refractivity contribution is 6.01. The van der Waals surface area contributed by atoms with Gasteiger partial charge in [0.2, 0.25) is 0 Å². The van der Waals surface area contributed by atoms with Crippen LogP contribution < -0.4 is 14.5 Å². The Labute approximate surface area is 329 Å². The lowest BCUT2D eigenvalue weighted by molar-refractivity contribution is 0.472. The average molecular weight is 723 g/mol. The third-order valence-corrected chi connectivity index (χ3v) is 12.8. The van der Waals surface area contributed by atoms with E-state index in [1.165, 1.54) is 55.4 Å². The van der Waals surface area contributed by atoms with E-state index in [4.69, 9.17) is 4.74 Å². The van der Waals surface area contributed by atoms with Crippen molar-refractivity contribution in [3.63, 3.8) is 0 Å². The van der Waals surface area contributed by atoms with Crippen LogP contribution in [0.1, 0.15) is 55.5 Å². The molecule has 3 aliphatic rings. The number of anilines is 6. The molecule has 0 unspecified atom stereocenters. The fraction of sp³-hybridized carbons (Fsp3) is 0.132. The number of para-hydroxylation sites is 2. The predicted molar refractivity (Wildman–Crippen MR) is 233 cm³/mol. The first-order chi connectivity index (χ1) is 27.2. The molecule has 0 amide bonds. The Morgan fingerprint density at radius 1 is 0.500 bits per heavy atom. The van der Waals surface area contributed by atoms with Crippen molar-refractivity contribution in [2.45, 2.75) is 45.4 Å². The van der Waals surface area contributed by atoms with Gasteiger partial charge in [0.25, 0.3) is 0 Å². The standard InChI is InChI=1S/C53H42N2O/c1-33-14-12-23-48-49(33)55-47-21-11-10-20-43(47)53(4,5)44-31-30-39(51(56-48)50(44)55)35-24-26-36(27-25-35)54(46-22-13-16-34-15-6-7-17-38(34)46)37-28-29-41-40-18-8-9-19-42(40)52(2,3)45(41)32-37/h6-32H,1-5H3. The number of fused-ring (bicyclic) bond motifs is 8. The van der Waals surface area contributed by atoms with Gasteiger partial charge in [-0.1, -0.05) is 149 Å². The van der Waals surface area contributed by atoms with Gasteiger partial charge in [0.05, 0.1) is 22.7 Å². The van der Waals surface area contributed by atoms with E-state index < -0.39 is 0 Å². The van der Waals surface area contributed by atoms with Crippen molar-refractivity contribution in [3.05, 3.63) is 192 Å². The zero-order chi connectivity index (χ0) is 37.9. The molecule has 0 saturated carbocycles. The molecule has 3 heteroatoms. The van der Waals surface area contributed by atoms with E-state index in [0.717, 1.165) is 51.1 Å². The lowest BCUT2D eigenvalue weighted by Gasteiger charge is -2.45. The van der Waals surface area contributed by atoms with Crippen LogP contribution in [0.5, 0.6) is 11.5 Å². The van der Waals surface area contributed by atoms with E-state index in [1.54, 1.807) is 0 Å². The average Bonchev–Trinajstić information content (AvgIpc) is 3.45. The van der Waals surface area contributed by atoms with E-state index in [1.807, 2.05) is 0 Å². The van der Waals surface area contributed by atoms with Gasteiger partial charge in [-0.2, -0.15) is 0 Å². The summed E-state index contributed by atoms with van der Waals surface area (Å²) in [5, 5.41) is 2.43. The first kappa shape index (κ1) is 32.8. The van der Waals surface area contributed by atoms with Crippen molar-refractivity contribution in [2.24, 2.45) is 0 Å². The first-order valence-corrected chi connectivity index (χ1v) is 19.7. The molecule has 2 aliphatic heterocycles. The van der Waals surface area contributed by atoms with Crippen LogP contribution in [0, 0.1) is 6.92 Å². The van der Waals surface area contributed by atoms with E-state index in [0.29, 0.717) is 0 Å². The highest BCUT2D eigenvalue weighted by Crippen LogP contribution is 2.62. The predicted octanol–water partition coefficient (Wildman–Crippen LogP) is 14.8. The van der Waals surface area contributed by atoms with E-state index >= 15 is 0 Å². The van der Waals surface area contributed by atoms with Crippen LogP contribution in [0.25, 0.3) is 33.0 Å². The third-order valence-electron chi connectivity index (χ3n) is 12.8. The quantitative estimate of drug-likeness (QED) is 0.180. The Balaban J connectivity index is 1.07. The van der Waals surface area contributed by atoms with E-state index in [-0.39, 0.29) is 10.8 Å². The van der Waals surface area contributed by atoms with Crippen LogP contribution in [0.2, 0.25) is 0 Å². The van der Waals surface area contributed by atoms with Gasteiger partial charge in [-0.25, -0.2) is 0 Å². The molecule has 2 heterocycles. The molecule has 0 aromatic heterocycles. The van der Waals surface area contributed by atoms with Gasteiger partial charge >= 0.3 is 0 Å². The maximum atomic E-state index is 7.00. The minimum atomic E-state index is -0.201. The minimum Gasteiger partial charge on any atom is -0.452 e. The van der Waals surface area contributed by atoms with Crippen LogP contribution in [0.4, 0.5) is 34.1 Å². The summed E-state index contributed by atoms with van der Waals surface area (Å²) in [6.07, 6.45) is 0. The summed E-state index contributed by atoms with van der Waals surface area (Å²) in [7, 11) is 0. The van der Waals surface area contributed by atoms with Gasteiger partial charge in [-0.3, -0.25) is 0 Å². The molecule has 3 nitrogen and oxygen atoms in total. The zero-order valence-electron chi connectivity index (χ0n) is 32.4. The zero-order valence-corrected chi connectivity index (χ0v) is 32.4. The number of ether oxygens (including phenoxy) is 1. The molecule has 11 rings (SSSR count). The summed E-state index contributed by atoms with van der Waals surface area (Å²) >= 11 is 0. The third kappa shape index (κ3) is 4.52. The van der Waals surface area contributed by atoms with Crippen LogP contribution in [-0.4, -0.2) is 0 Å². The fourth-order valence-electron chi connectivity index (χ4n) is 9.89. The molecule has 0 fully saturated rings. The molecule has 0 radical (unpaired) electrons. The van der Waals surface area contributed by atoms with Crippen molar-refractivity contribution in [2.75, 3.05) is 9.80 Å². The topological polar surface area (TPSA) is 15.7 Å². The highest BCUT2D eigenvalue weighted by Gasteiger charge is 2.43. The van der Waals surface area contributed by atoms with Crippen LogP contribution in [-0.2, 0) is 10.8 Å². The van der Waals surface area contributed by atoms with Gasteiger partial charge in [0, 0.05) is 33.2 Å². The molecule has 56 heavy (non-hydrogen) atoms. The summed E-state index contributed by atoms with van der Waals surface area (Å²) in [6, 6.07) is 60.1. The highest BCUT2D eigenvalue weighted by atomic mass is 16.5. The summed E-state index contributed by atoms with van der Waals surface area (Å²) in [5.74, 6) is 1.79. The fourth-order valence-corrected chi connectivity index (χ4v) is 9.89. The lowest BCUT2D eigenvalue weighted by atomic mass is 9.72. The summed E-state index contributed by atoms with van der Waals surface area (Å²) < 4.78 is 7.00. The Kier molecular flexibility index (Phi) is 6.86. The normalized spacial score (nSPS) is 14.9.